The van der Waals surface area contributed by atoms with Crippen LogP contribution in [-0.2, 0) is 43.8 Å². The van der Waals surface area contributed by atoms with Crippen molar-refractivity contribution in [1.29, 1.82) is 0 Å². The maximum atomic E-state index is 13.0. The molecule has 0 bridgehead atoms. The van der Waals surface area contributed by atoms with Gasteiger partial charge in [-0.25, -0.2) is 19.2 Å². The van der Waals surface area contributed by atoms with Crippen molar-refractivity contribution in [2.45, 2.75) is 378 Å². The summed E-state index contributed by atoms with van der Waals surface area (Å²) in [6.07, 6.45) is -49.3. The van der Waals surface area contributed by atoms with Gasteiger partial charge in [-0.15, -0.1) is 0 Å². The van der Waals surface area contributed by atoms with Crippen LogP contribution < -0.4 is 17.2 Å². The number of aliphatic carboxylic acids is 2. The second kappa shape index (κ2) is 70.3. The number of ketones is 1. The van der Waals surface area contributed by atoms with Crippen molar-refractivity contribution < 1.29 is 210 Å². The molecule has 4 rings (SSSR count). The molecular weight excluding hydrogens is 1960 g/mol. The molecule has 1 aromatic carbocycles. The van der Waals surface area contributed by atoms with Gasteiger partial charge in [0.2, 0.25) is 5.60 Å². The fourth-order valence-corrected chi connectivity index (χ4v) is 10.1. The zero-order valence-corrected chi connectivity index (χ0v) is 85.9. The third-order valence-electron chi connectivity index (χ3n) is 20.3. The van der Waals surface area contributed by atoms with E-state index in [1.54, 1.807) is 89.2 Å². The number of carbonyl (C=O) groups is 5. The molecule has 3 saturated heterocycles. The summed E-state index contributed by atoms with van der Waals surface area (Å²) in [4.78, 5) is 58.3. The number of carboxylic acid groups (broad SMARTS) is 2. The van der Waals surface area contributed by atoms with Gasteiger partial charge < -0.3 is 97.8 Å². The van der Waals surface area contributed by atoms with Crippen LogP contribution in [0.1, 0.15) is 232 Å². The van der Waals surface area contributed by atoms with Gasteiger partial charge in [-0.2, -0.15) is 105 Å². The zero-order chi connectivity index (χ0) is 115. The molecule has 0 aliphatic carbocycles. The van der Waals surface area contributed by atoms with Gasteiger partial charge in [0.1, 0.15) is 12.2 Å². The van der Waals surface area contributed by atoms with Gasteiger partial charge in [0, 0.05) is 68.9 Å². The molecule has 4 unspecified atom stereocenters. The number of alkyl halides is 24. The van der Waals surface area contributed by atoms with E-state index in [0.717, 1.165) is 84.8 Å². The Balaban J connectivity index is -0.000000193. The smallest absolute Gasteiger partial charge is 0.427 e. The van der Waals surface area contributed by atoms with E-state index in [1.165, 1.54) is 52.8 Å². The number of Topliss-reactive ketones (excluding diaryl/α,β-unsaturated/α-hetero) is 1. The van der Waals surface area contributed by atoms with Gasteiger partial charge in [-0.05, 0) is 113 Å². The average Bonchev–Trinajstić information content (AvgIpc) is 1.19. The number of aliphatic hydroxyl groups is 11. The number of nitrogens with zero attached hydrogens (tertiary/aromatic N) is 3. The minimum atomic E-state index is -5.85. The summed E-state index contributed by atoms with van der Waals surface area (Å²) in [7, 11) is 0. The largest absolute Gasteiger partial charge is 0.479 e. The Morgan fingerprint density at radius 1 is 0.411 bits per heavy atom. The molecule has 141 heavy (non-hydrogen) atoms. The van der Waals surface area contributed by atoms with Gasteiger partial charge in [0.05, 0.1) is 76.3 Å². The zero-order valence-electron chi connectivity index (χ0n) is 85.9. The third-order valence-corrected chi connectivity index (χ3v) is 20.3. The molecule has 1 aromatic rings. The first kappa shape index (κ1) is 153. The molecule has 51 heteroatoms. The van der Waals surface area contributed by atoms with E-state index in [0.29, 0.717) is 25.7 Å². The number of hydrogen-bond acceptors (Lipinski definition) is 25. The fraction of sp³-hybridized carbons (Fsp3) is 0.878. The Morgan fingerprint density at radius 3 is 0.879 bits per heavy atom. The van der Waals surface area contributed by atoms with Gasteiger partial charge >= 0.3 is 73.3 Å². The Kier molecular flexibility index (Phi) is 76.3. The number of ether oxygens (including phenoxy) is 3. The molecule has 0 spiro atoms. The number of rotatable bonds is 30. The lowest BCUT2D eigenvalue weighted by molar-refractivity contribution is -0.377. The van der Waals surface area contributed by atoms with Crippen LogP contribution in [0.3, 0.4) is 0 Å². The molecule has 0 aromatic heterocycles. The lowest BCUT2D eigenvalue weighted by Gasteiger charge is -2.38. The fourth-order valence-electron chi connectivity index (χ4n) is 10.1. The van der Waals surface area contributed by atoms with E-state index >= 15 is 0 Å². The Labute approximate surface area is 813 Å². The summed E-state index contributed by atoms with van der Waals surface area (Å²) >= 11 is 0. The summed E-state index contributed by atoms with van der Waals surface area (Å²) in [6, 6.07) is 2.65. The van der Waals surface area contributed by atoms with Crippen molar-refractivity contribution in [3.63, 3.8) is 0 Å². The maximum Gasteiger partial charge on any atom is 0.427 e. The van der Waals surface area contributed by atoms with Crippen LogP contribution in [-0.4, -0.2) is 322 Å². The van der Waals surface area contributed by atoms with Crippen LogP contribution in [0.25, 0.3) is 0 Å². The van der Waals surface area contributed by atoms with Crippen molar-refractivity contribution >= 4 is 29.7 Å². The van der Waals surface area contributed by atoms with Gasteiger partial charge in [0.25, 0.3) is 11.2 Å². The van der Waals surface area contributed by atoms with E-state index < -0.39 is 194 Å². The van der Waals surface area contributed by atoms with Crippen molar-refractivity contribution in [2.75, 3.05) is 65.8 Å². The molecule has 3 fully saturated rings. The average molecular weight is 2120 g/mol. The van der Waals surface area contributed by atoms with Gasteiger partial charge in [-0.1, -0.05) is 190 Å². The minimum Gasteiger partial charge on any atom is -0.479 e. The maximum absolute atomic E-state index is 13.0. The second-order valence-electron chi connectivity index (χ2n) is 37.3. The number of carbonyl (C=O) groups excluding carboxylic acids is 3. The monoisotopic (exact) mass is 2120 g/mol. The lowest BCUT2D eigenvalue weighted by Crippen LogP contribution is -2.68. The molecule has 3 aliphatic heterocycles. The van der Waals surface area contributed by atoms with Crippen LogP contribution in [0, 0.1) is 65.1 Å². The first-order valence-electron chi connectivity index (χ1n) is 45.4. The highest BCUT2D eigenvalue weighted by molar-refractivity contribution is 5.80. The standard InChI is InChI=1S/C12H15F3O2.C9H19NO2.2C7H11F6NO.C7H12F3N.C7H15N.2C7H14O3.C6H12F3N.C6H9F3O.2C5H10O3.C5H12O2/c1-8(2)10(16)11(17,12(13,14)15)9-6-4-3-5-7-9;1-8(2)9(11)7-10-3-5-12-6-4-10;2*1-3(2)4(14)5(15,6(8,9)10)7(11,12)13;1-5(2)11-4-6(11)3-7(8,9)10;1-4-7-5-8(7)6(2)3;2*1-4-10-7(9)6(8)5(2)3;2*1-4(2)5(10)3-6(7,8)9;2*1-3(2)4(6)5(7)8;1-4(2)5(7)3-6/h3-8,10,16-17H,1-2H3;8-9,11H,3-7H2,1-2H3;2*3-4,15H,14H2,1-2H3;5-6H,3-4H2,1-2H3;6-7H,4-5H2,1-3H3;2*5-6,8H,4H2,1-3H3;4-5H,3,10H2,1-2H3;4H,3H2,1-2H3;2*3-4,6H,1-2H3,(H,7,8);4-7H,3H2,1-2H3/t10-,11+;;2*4-;6-,11?;7-,8?;2*6-;;;2*4-;5-/m0.100110..101/s1. The van der Waals surface area contributed by atoms with Crippen molar-refractivity contribution in [3.05, 3.63) is 35.9 Å². The first-order valence-corrected chi connectivity index (χ1v) is 45.4. The number of aliphatic hydroxyl groups excluding tert-OH is 8. The number of hydrogen-bond donors (Lipinski definition) is 16. The number of β-amino-alcohol motifs (C(OH)–C–C–N with tert-alkyl or cyclic N) is 1. The quantitative estimate of drug-likeness (QED) is 0.0193. The summed E-state index contributed by atoms with van der Waals surface area (Å²) in [5.41, 5.74) is 1.42. The number of halogens is 24. The van der Waals surface area contributed by atoms with Crippen molar-refractivity contribution in [1.82, 2.24) is 14.7 Å². The molecule has 3 heterocycles. The van der Waals surface area contributed by atoms with E-state index in [2.05, 4.69) is 40.0 Å². The normalized spacial score (nSPS) is 18.4. The molecule has 0 saturated carbocycles. The molecule has 27 nitrogen and oxygen atoms in total. The highest BCUT2D eigenvalue weighted by Gasteiger charge is 2.75. The van der Waals surface area contributed by atoms with E-state index in [1.807, 2.05) is 46.4 Å². The molecular formula is C90H164F24N6O21. The summed E-state index contributed by atoms with van der Waals surface area (Å²) < 4.78 is 304. The van der Waals surface area contributed by atoms with Crippen molar-refractivity contribution in [2.24, 2.45) is 82.3 Å². The molecule has 3 aliphatic rings. The third kappa shape index (κ3) is 66.4. The van der Waals surface area contributed by atoms with E-state index in [4.69, 9.17) is 73.0 Å². The van der Waals surface area contributed by atoms with Crippen LogP contribution in [0.15, 0.2) is 30.3 Å². The van der Waals surface area contributed by atoms with E-state index in [-0.39, 0.29) is 65.9 Å². The number of carboxylic acids is 2. The predicted octanol–water partition coefficient (Wildman–Crippen LogP) is 15.4. The highest BCUT2D eigenvalue weighted by atomic mass is 19.4. The summed E-state index contributed by atoms with van der Waals surface area (Å²) in [5, 5.41) is 115. The Bertz CT molecular complexity index is 3260. The highest BCUT2D eigenvalue weighted by Crippen LogP contribution is 2.48. The van der Waals surface area contributed by atoms with Gasteiger partial charge in [0.15, 0.2) is 24.4 Å². The van der Waals surface area contributed by atoms with Crippen LogP contribution in [0.4, 0.5) is 105 Å². The predicted molar refractivity (Wildman–Crippen MR) is 481 cm³/mol. The molecule has 19 N–H and O–H groups in total. The topological polar surface area (TPSA) is 463 Å². The number of morpholine rings is 1. The van der Waals surface area contributed by atoms with Gasteiger partial charge in [-0.3, -0.25) is 19.5 Å². The van der Waals surface area contributed by atoms with Crippen LogP contribution in [0.5, 0.6) is 0 Å². The molecule has 0 amide bonds. The van der Waals surface area contributed by atoms with E-state index in [9.17, 15) is 145 Å². The van der Waals surface area contributed by atoms with Crippen LogP contribution in [0.2, 0.25) is 0 Å². The molecule has 15 atom stereocenters. The summed E-state index contributed by atoms with van der Waals surface area (Å²) in [5.74, 6) is -7.83. The first-order chi connectivity index (χ1) is 62.9. The lowest BCUT2D eigenvalue weighted by atomic mass is 9.82. The number of esters is 2. The Morgan fingerprint density at radius 2 is 0.723 bits per heavy atom. The summed E-state index contributed by atoms with van der Waals surface area (Å²) in [6.45, 7) is 55.7. The molecule has 0 radical (unpaired) electrons. The second-order valence-corrected chi connectivity index (χ2v) is 37.3. The number of nitrogens with two attached hydrogens (primary N) is 3. The Hall–Kier alpha value is -5.63. The SMILES string of the molecule is CC(C)C(=O)CC(F)(F)F.CC(C)C(N)CC(F)(F)F.CC(C)C(O)CN1CCOCC1.CC(C)N1C[C@@H]1CC(F)(F)F.CC(C)[C@@H](N)C(O)(C(F)(F)F)C(F)(F)F.CC(C)[C@@H](O)C(=O)O.CC(C)[C@H](N)C(O)(C(F)(F)F)C(F)(F)F.CC(C)[C@H](O)C(=O)O.CC(C)[C@H](O)CO.CC(C)[C@H](O)[C@](O)(c1ccccc1)C(F)(F)F.CCOC(=O)[C@@H](O)C(C)C.CCOC(=O)[C@H](O)C(C)C.CC[C@@H]1CN1C(C)C. The van der Waals surface area contributed by atoms with Crippen LogP contribution >= 0.6 is 0 Å². The molecule has 848 valence electrons. The van der Waals surface area contributed by atoms with Crippen molar-refractivity contribution in [3.8, 4) is 0 Å². The minimum absolute atomic E-state index is 0.0703. The number of benzene rings is 1.